The van der Waals surface area contributed by atoms with Crippen molar-refractivity contribution in [3.8, 4) is 5.69 Å². The van der Waals surface area contributed by atoms with Crippen molar-refractivity contribution in [2.45, 2.75) is 44.2 Å². The maximum Gasteiger partial charge on any atom is 0.267 e. The average Bonchev–Trinajstić information content (AvgIpc) is 3.26. The molecule has 0 aliphatic heterocycles. The van der Waals surface area contributed by atoms with Gasteiger partial charge in [-0.3, -0.25) is 14.2 Å². The number of rotatable bonds is 8. The molecule has 0 saturated carbocycles. The molecule has 0 unspecified atom stereocenters. The Morgan fingerprint density at radius 3 is 2.63 bits per heavy atom. The van der Waals surface area contributed by atoms with E-state index in [4.69, 9.17) is 4.98 Å². The third-order valence-electron chi connectivity index (χ3n) is 6.66. The van der Waals surface area contributed by atoms with Crippen LogP contribution in [0.2, 0.25) is 0 Å². The summed E-state index contributed by atoms with van der Waals surface area (Å²) in [5, 5.41) is 4.32. The summed E-state index contributed by atoms with van der Waals surface area (Å²) < 4.78 is 1.68. The van der Waals surface area contributed by atoms with Gasteiger partial charge in [0.25, 0.3) is 5.56 Å². The lowest BCUT2D eigenvalue weighted by atomic mass is 9.86. The maximum atomic E-state index is 13.8. The zero-order chi connectivity index (χ0) is 24.2. The van der Waals surface area contributed by atoms with Crippen molar-refractivity contribution in [3.05, 3.63) is 87.0 Å². The van der Waals surface area contributed by atoms with E-state index in [2.05, 4.69) is 24.4 Å². The molecule has 1 atom stereocenters. The first kappa shape index (κ1) is 23.8. The van der Waals surface area contributed by atoms with E-state index in [9.17, 15) is 9.59 Å². The summed E-state index contributed by atoms with van der Waals surface area (Å²) in [5.74, 6) is 0.833. The molecule has 0 saturated heterocycles. The summed E-state index contributed by atoms with van der Waals surface area (Å²) in [4.78, 5) is 33.5. The first-order valence-electron chi connectivity index (χ1n) is 12.2. The number of nitrogens with one attached hydrogen (secondary N) is 1. The lowest BCUT2D eigenvalue weighted by molar-refractivity contribution is -0.118. The predicted molar refractivity (Wildman–Crippen MR) is 145 cm³/mol. The van der Waals surface area contributed by atoms with Gasteiger partial charge >= 0.3 is 0 Å². The zero-order valence-electron chi connectivity index (χ0n) is 19.8. The SMILES string of the molecule is CC[C@@H]1CCc2c(sc3nc(SCC(=O)NCCc4ccccc4)n(-c4ccccc4)c(=O)c23)C1. The average molecular weight is 504 g/mol. The van der Waals surface area contributed by atoms with E-state index >= 15 is 0 Å². The lowest BCUT2D eigenvalue weighted by Crippen LogP contribution is -2.28. The second-order valence-corrected chi connectivity index (χ2v) is 11.0. The molecule has 7 heteroatoms. The number of fused-ring (bicyclic) bond motifs is 3. The smallest absolute Gasteiger partial charge is 0.267 e. The van der Waals surface area contributed by atoms with Crippen LogP contribution < -0.4 is 10.9 Å². The molecular formula is C28H29N3O2S2. The second kappa shape index (κ2) is 10.8. The number of carbonyl (C=O) groups is 1. The van der Waals surface area contributed by atoms with Gasteiger partial charge in [-0.25, -0.2) is 4.98 Å². The van der Waals surface area contributed by atoms with Crippen LogP contribution in [-0.4, -0.2) is 27.8 Å². The summed E-state index contributed by atoms with van der Waals surface area (Å²) in [6.07, 6.45) is 5.05. The molecule has 180 valence electrons. The van der Waals surface area contributed by atoms with Gasteiger partial charge in [-0.1, -0.05) is 73.6 Å². The van der Waals surface area contributed by atoms with Crippen molar-refractivity contribution in [1.82, 2.24) is 14.9 Å². The van der Waals surface area contributed by atoms with Gasteiger partial charge in [0.15, 0.2) is 5.16 Å². The largest absolute Gasteiger partial charge is 0.355 e. The molecule has 5 nitrogen and oxygen atoms in total. The molecule has 1 aliphatic rings. The highest BCUT2D eigenvalue weighted by molar-refractivity contribution is 7.99. The highest BCUT2D eigenvalue weighted by Crippen LogP contribution is 2.37. The van der Waals surface area contributed by atoms with Gasteiger partial charge < -0.3 is 5.32 Å². The molecule has 4 aromatic rings. The molecule has 2 aromatic carbocycles. The molecule has 0 bridgehead atoms. The van der Waals surface area contributed by atoms with Gasteiger partial charge in [-0.05, 0) is 54.9 Å². The summed E-state index contributed by atoms with van der Waals surface area (Å²) >= 11 is 2.98. The Morgan fingerprint density at radius 2 is 1.89 bits per heavy atom. The third kappa shape index (κ3) is 5.21. The van der Waals surface area contributed by atoms with E-state index in [-0.39, 0.29) is 17.2 Å². The standard InChI is InChI=1S/C28H29N3O2S2/c1-2-19-13-14-22-23(17-19)35-26-25(22)27(33)31(21-11-7-4-8-12-21)28(30-26)34-18-24(32)29-16-15-20-9-5-3-6-10-20/h3-12,19H,2,13-18H2,1H3,(H,29,32)/t19-/m1/s1. The Balaban J connectivity index is 1.40. The molecule has 1 N–H and O–H groups in total. The van der Waals surface area contributed by atoms with Gasteiger partial charge in [0.2, 0.25) is 5.91 Å². The Morgan fingerprint density at radius 1 is 1.14 bits per heavy atom. The van der Waals surface area contributed by atoms with Crippen LogP contribution in [0.25, 0.3) is 15.9 Å². The molecule has 0 spiro atoms. The fraction of sp³-hybridized carbons (Fsp3) is 0.321. The highest BCUT2D eigenvalue weighted by atomic mass is 32.2. The second-order valence-electron chi connectivity index (χ2n) is 8.95. The van der Waals surface area contributed by atoms with E-state index in [1.807, 2.05) is 48.5 Å². The number of aryl methyl sites for hydroxylation is 1. The highest BCUT2D eigenvalue weighted by Gasteiger charge is 2.26. The minimum absolute atomic E-state index is 0.0272. The van der Waals surface area contributed by atoms with E-state index in [0.717, 1.165) is 48.0 Å². The van der Waals surface area contributed by atoms with E-state index in [1.165, 1.54) is 27.8 Å². The van der Waals surface area contributed by atoms with Gasteiger partial charge in [0.05, 0.1) is 16.8 Å². The Hall–Kier alpha value is -2.90. The minimum Gasteiger partial charge on any atom is -0.355 e. The summed E-state index contributed by atoms with van der Waals surface area (Å²) in [6, 6.07) is 19.7. The lowest BCUT2D eigenvalue weighted by Gasteiger charge is -2.20. The van der Waals surface area contributed by atoms with Crippen molar-refractivity contribution >= 4 is 39.2 Å². The molecule has 1 amide bonds. The van der Waals surface area contributed by atoms with Gasteiger partial charge in [0.1, 0.15) is 4.83 Å². The van der Waals surface area contributed by atoms with Crippen molar-refractivity contribution in [1.29, 1.82) is 0 Å². The number of carbonyl (C=O) groups excluding carboxylic acids is 1. The van der Waals surface area contributed by atoms with Crippen LogP contribution in [0.15, 0.2) is 70.6 Å². The molecule has 5 rings (SSSR count). The van der Waals surface area contributed by atoms with Crippen LogP contribution in [-0.2, 0) is 24.1 Å². The van der Waals surface area contributed by atoms with Crippen molar-refractivity contribution in [2.24, 2.45) is 5.92 Å². The molecule has 2 heterocycles. The monoisotopic (exact) mass is 503 g/mol. The van der Waals surface area contributed by atoms with Crippen molar-refractivity contribution < 1.29 is 4.79 Å². The molecule has 1 aliphatic carbocycles. The van der Waals surface area contributed by atoms with E-state index in [0.29, 0.717) is 17.6 Å². The topological polar surface area (TPSA) is 64.0 Å². The number of nitrogens with zero attached hydrogens (tertiary/aromatic N) is 2. The molecule has 0 fully saturated rings. The number of thioether (sulfide) groups is 1. The molecule has 2 aromatic heterocycles. The zero-order valence-corrected chi connectivity index (χ0v) is 21.5. The predicted octanol–water partition coefficient (Wildman–Crippen LogP) is 5.41. The number of benzene rings is 2. The molecule has 35 heavy (non-hydrogen) atoms. The first-order valence-corrected chi connectivity index (χ1v) is 14.0. The van der Waals surface area contributed by atoms with Crippen LogP contribution >= 0.6 is 23.1 Å². The third-order valence-corrected chi connectivity index (χ3v) is 8.74. The normalized spacial score (nSPS) is 15.2. The molecule has 0 radical (unpaired) electrons. The Kier molecular flexibility index (Phi) is 7.35. The van der Waals surface area contributed by atoms with Crippen LogP contribution in [0, 0.1) is 5.92 Å². The van der Waals surface area contributed by atoms with Crippen molar-refractivity contribution in [2.75, 3.05) is 12.3 Å². The number of hydrogen-bond acceptors (Lipinski definition) is 5. The number of thiophene rings is 1. The Bertz CT molecular complexity index is 1380. The number of hydrogen-bond donors (Lipinski definition) is 1. The number of aromatic nitrogens is 2. The van der Waals surface area contributed by atoms with Crippen molar-refractivity contribution in [3.63, 3.8) is 0 Å². The van der Waals surface area contributed by atoms with Gasteiger partial charge in [0, 0.05) is 11.4 Å². The summed E-state index contributed by atoms with van der Waals surface area (Å²) in [7, 11) is 0. The van der Waals surface area contributed by atoms with Gasteiger partial charge in [-0.15, -0.1) is 11.3 Å². The fourth-order valence-corrected chi connectivity index (χ4v) is 6.91. The quantitative estimate of drug-likeness (QED) is 0.258. The summed E-state index contributed by atoms with van der Waals surface area (Å²) in [5.41, 5.74) is 3.13. The first-order chi connectivity index (χ1) is 17.1. The van der Waals surface area contributed by atoms with Gasteiger partial charge in [-0.2, -0.15) is 0 Å². The summed E-state index contributed by atoms with van der Waals surface area (Å²) in [6.45, 7) is 2.82. The Labute approximate surface area is 213 Å². The van der Waals surface area contributed by atoms with Crippen LogP contribution in [0.3, 0.4) is 0 Å². The number of amides is 1. The number of para-hydroxylation sites is 1. The minimum atomic E-state index is -0.0591. The van der Waals surface area contributed by atoms with Crippen LogP contribution in [0.1, 0.15) is 35.8 Å². The van der Waals surface area contributed by atoms with Crippen LogP contribution in [0.4, 0.5) is 0 Å². The fourth-order valence-electron chi connectivity index (χ4n) is 4.70. The van der Waals surface area contributed by atoms with E-state index in [1.54, 1.807) is 15.9 Å². The maximum absolute atomic E-state index is 13.8. The van der Waals surface area contributed by atoms with E-state index < -0.39 is 0 Å². The van der Waals surface area contributed by atoms with Crippen LogP contribution in [0.5, 0.6) is 0 Å². The molecular weight excluding hydrogens is 474 g/mol.